The van der Waals surface area contributed by atoms with Crippen LogP contribution < -0.4 is 5.73 Å². The van der Waals surface area contributed by atoms with E-state index in [4.69, 9.17) is 5.73 Å². The van der Waals surface area contributed by atoms with E-state index in [-0.39, 0.29) is 15.8 Å². The molecule has 0 aliphatic rings. The predicted octanol–water partition coefficient (Wildman–Crippen LogP) is 4.00. The van der Waals surface area contributed by atoms with Gasteiger partial charge >= 0.3 is 0 Å². The fourth-order valence-corrected chi connectivity index (χ4v) is 2.54. The molecule has 0 radical (unpaired) electrons. The lowest BCUT2D eigenvalue weighted by molar-refractivity contribution is 0.562. The SMILES string of the molecule is Nc1ccc(SCc2c(F)ccc(Br)c2F)nc1. The third-order valence-electron chi connectivity index (χ3n) is 2.26. The Kier molecular flexibility index (Phi) is 4.19. The summed E-state index contributed by atoms with van der Waals surface area (Å²) in [5, 5.41) is 0.669. The van der Waals surface area contributed by atoms with Gasteiger partial charge in [-0.25, -0.2) is 13.8 Å². The number of hydrogen-bond acceptors (Lipinski definition) is 3. The summed E-state index contributed by atoms with van der Waals surface area (Å²) in [5.74, 6) is -0.954. The minimum Gasteiger partial charge on any atom is -0.397 e. The molecule has 0 aliphatic carbocycles. The molecule has 94 valence electrons. The number of benzene rings is 1. The maximum Gasteiger partial charge on any atom is 0.144 e. The molecule has 0 bridgehead atoms. The van der Waals surface area contributed by atoms with Crippen molar-refractivity contribution in [3.8, 4) is 0 Å². The van der Waals surface area contributed by atoms with Gasteiger partial charge in [-0.15, -0.1) is 11.8 Å². The van der Waals surface area contributed by atoms with Crippen molar-refractivity contribution < 1.29 is 8.78 Å². The van der Waals surface area contributed by atoms with Crippen molar-refractivity contribution in [2.45, 2.75) is 10.8 Å². The molecule has 0 saturated heterocycles. The molecule has 1 aromatic carbocycles. The van der Waals surface area contributed by atoms with Gasteiger partial charge in [0, 0.05) is 11.3 Å². The van der Waals surface area contributed by atoms with Crippen LogP contribution >= 0.6 is 27.7 Å². The molecule has 0 fully saturated rings. The summed E-state index contributed by atoms with van der Waals surface area (Å²) in [6, 6.07) is 6.00. The van der Waals surface area contributed by atoms with Crippen molar-refractivity contribution in [3.63, 3.8) is 0 Å². The minimum absolute atomic E-state index is 0.0352. The highest BCUT2D eigenvalue weighted by Gasteiger charge is 2.12. The fourth-order valence-electron chi connectivity index (χ4n) is 1.32. The lowest BCUT2D eigenvalue weighted by Gasteiger charge is -2.06. The van der Waals surface area contributed by atoms with Gasteiger partial charge in [-0.3, -0.25) is 0 Å². The number of thioether (sulfide) groups is 1. The van der Waals surface area contributed by atoms with E-state index < -0.39 is 11.6 Å². The minimum atomic E-state index is -0.571. The van der Waals surface area contributed by atoms with Gasteiger partial charge in [0.2, 0.25) is 0 Å². The van der Waals surface area contributed by atoms with Crippen LogP contribution in [-0.4, -0.2) is 4.98 Å². The van der Waals surface area contributed by atoms with Crippen molar-refractivity contribution in [2.24, 2.45) is 0 Å². The van der Waals surface area contributed by atoms with Crippen LogP contribution in [0.4, 0.5) is 14.5 Å². The summed E-state index contributed by atoms with van der Waals surface area (Å²) in [7, 11) is 0. The molecule has 0 spiro atoms. The summed E-state index contributed by atoms with van der Waals surface area (Å²) in [6.45, 7) is 0. The summed E-state index contributed by atoms with van der Waals surface area (Å²) < 4.78 is 27.4. The van der Waals surface area contributed by atoms with Crippen molar-refractivity contribution in [1.82, 2.24) is 4.98 Å². The summed E-state index contributed by atoms with van der Waals surface area (Å²) >= 11 is 4.28. The van der Waals surface area contributed by atoms with E-state index in [2.05, 4.69) is 20.9 Å². The number of nitrogen functional groups attached to an aromatic ring is 1. The molecule has 6 heteroatoms. The second-order valence-electron chi connectivity index (χ2n) is 3.54. The van der Waals surface area contributed by atoms with Crippen LogP contribution in [0.5, 0.6) is 0 Å². The first-order chi connectivity index (χ1) is 8.58. The van der Waals surface area contributed by atoms with Crippen LogP contribution in [0.3, 0.4) is 0 Å². The van der Waals surface area contributed by atoms with Crippen LogP contribution in [0.2, 0.25) is 0 Å². The van der Waals surface area contributed by atoms with Crippen LogP contribution in [-0.2, 0) is 5.75 Å². The number of rotatable bonds is 3. The predicted molar refractivity (Wildman–Crippen MR) is 72.3 cm³/mol. The Morgan fingerprint density at radius 1 is 1.22 bits per heavy atom. The number of pyridine rings is 1. The Bertz CT molecular complexity index is 561. The van der Waals surface area contributed by atoms with Crippen LogP contribution in [0, 0.1) is 11.6 Å². The number of aromatic nitrogens is 1. The Morgan fingerprint density at radius 2 is 2.00 bits per heavy atom. The van der Waals surface area contributed by atoms with E-state index in [0.29, 0.717) is 10.7 Å². The maximum absolute atomic E-state index is 13.7. The second-order valence-corrected chi connectivity index (χ2v) is 5.39. The zero-order valence-electron chi connectivity index (χ0n) is 9.16. The summed E-state index contributed by atoms with van der Waals surface area (Å²) in [5.41, 5.74) is 6.09. The van der Waals surface area contributed by atoms with Gasteiger partial charge < -0.3 is 5.73 Å². The topological polar surface area (TPSA) is 38.9 Å². The molecular formula is C12H9BrF2N2S. The van der Waals surface area contributed by atoms with E-state index >= 15 is 0 Å². The molecule has 0 saturated carbocycles. The molecule has 1 aromatic heterocycles. The Morgan fingerprint density at radius 3 is 2.67 bits per heavy atom. The van der Waals surface area contributed by atoms with Gasteiger partial charge in [-0.2, -0.15) is 0 Å². The number of anilines is 1. The van der Waals surface area contributed by atoms with Gasteiger partial charge in [0.25, 0.3) is 0 Å². The molecule has 0 unspecified atom stereocenters. The third-order valence-corrected chi connectivity index (χ3v) is 3.85. The fraction of sp³-hybridized carbons (Fsp3) is 0.0833. The van der Waals surface area contributed by atoms with E-state index in [9.17, 15) is 8.78 Å². The third kappa shape index (κ3) is 3.00. The van der Waals surface area contributed by atoms with Gasteiger partial charge in [0.05, 0.1) is 21.4 Å². The van der Waals surface area contributed by atoms with Crippen molar-refractivity contribution in [3.05, 3.63) is 52.1 Å². The van der Waals surface area contributed by atoms with Crippen molar-refractivity contribution >= 4 is 33.4 Å². The highest BCUT2D eigenvalue weighted by atomic mass is 79.9. The highest BCUT2D eigenvalue weighted by Crippen LogP contribution is 2.28. The lowest BCUT2D eigenvalue weighted by Crippen LogP contribution is -1.95. The van der Waals surface area contributed by atoms with Gasteiger partial charge in [-0.05, 0) is 40.2 Å². The smallest absolute Gasteiger partial charge is 0.144 e. The van der Waals surface area contributed by atoms with Crippen LogP contribution in [0.15, 0.2) is 40.0 Å². The zero-order valence-corrected chi connectivity index (χ0v) is 11.6. The van der Waals surface area contributed by atoms with E-state index in [1.54, 1.807) is 12.1 Å². The van der Waals surface area contributed by atoms with Gasteiger partial charge in [-0.1, -0.05) is 0 Å². The summed E-state index contributed by atoms with van der Waals surface area (Å²) in [4.78, 5) is 4.06. The first-order valence-corrected chi connectivity index (χ1v) is 6.82. The van der Waals surface area contributed by atoms with Crippen molar-refractivity contribution in [1.29, 1.82) is 0 Å². The second kappa shape index (κ2) is 5.67. The normalized spacial score (nSPS) is 10.6. The molecule has 2 rings (SSSR count). The Labute approximate surface area is 116 Å². The molecule has 0 atom stereocenters. The monoisotopic (exact) mass is 330 g/mol. The van der Waals surface area contributed by atoms with E-state index in [0.717, 1.165) is 0 Å². The molecule has 2 aromatic rings. The molecule has 2 nitrogen and oxygen atoms in total. The van der Waals surface area contributed by atoms with Crippen molar-refractivity contribution in [2.75, 3.05) is 5.73 Å². The molecule has 1 heterocycles. The highest BCUT2D eigenvalue weighted by molar-refractivity contribution is 9.10. The van der Waals surface area contributed by atoms with Crippen LogP contribution in [0.1, 0.15) is 5.56 Å². The van der Waals surface area contributed by atoms with Gasteiger partial charge in [0.1, 0.15) is 11.6 Å². The largest absolute Gasteiger partial charge is 0.397 e. The standard InChI is InChI=1S/C12H9BrF2N2S/c13-9-2-3-10(14)8(12(9)15)6-18-11-4-1-7(16)5-17-11/h1-5H,6,16H2. The maximum atomic E-state index is 13.7. The van der Waals surface area contributed by atoms with E-state index in [1.165, 1.54) is 30.1 Å². The number of halogens is 3. The van der Waals surface area contributed by atoms with E-state index in [1.807, 2.05) is 0 Å². The number of nitrogens with zero attached hydrogens (tertiary/aromatic N) is 1. The molecule has 2 N–H and O–H groups in total. The number of nitrogens with two attached hydrogens (primary N) is 1. The lowest BCUT2D eigenvalue weighted by atomic mass is 10.2. The molecule has 18 heavy (non-hydrogen) atoms. The molecule has 0 amide bonds. The Hall–Kier alpha value is -1.14. The first-order valence-electron chi connectivity index (χ1n) is 5.04. The van der Waals surface area contributed by atoms with Crippen LogP contribution in [0.25, 0.3) is 0 Å². The Balaban J connectivity index is 2.15. The average Bonchev–Trinajstić information content (AvgIpc) is 2.36. The average molecular weight is 331 g/mol. The summed E-state index contributed by atoms with van der Waals surface area (Å²) in [6.07, 6.45) is 1.51. The zero-order chi connectivity index (χ0) is 13.1. The first kappa shape index (κ1) is 13.3. The van der Waals surface area contributed by atoms with Gasteiger partial charge in [0.15, 0.2) is 0 Å². The quantitative estimate of drug-likeness (QED) is 0.683. The molecule has 0 aliphatic heterocycles. The number of hydrogen-bond donors (Lipinski definition) is 1. The molecular weight excluding hydrogens is 322 g/mol.